The van der Waals surface area contributed by atoms with Gasteiger partial charge in [0.1, 0.15) is 5.75 Å². The van der Waals surface area contributed by atoms with Crippen LogP contribution in [0.15, 0.2) is 24.3 Å². The van der Waals surface area contributed by atoms with Gasteiger partial charge in [0.15, 0.2) is 0 Å². The minimum atomic E-state index is -0.687. The van der Waals surface area contributed by atoms with Crippen LogP contribution < -0.4 is 4.74 Å². The van der Waals surface area contributed by atoms with Gasteiger partial charge >= 0.3 is 0 Å². The van der Waals surface area contributed by atoms with E-state index in [0.29, 0.717) is 17.9 Å². The van der Waals surface area contributed by atoms with E-state index in [4.69, 9.17) is 4.74 Å². The molecule has 2 atom stereocenters. The lowest BCUT2D eigenvalue weighted by molar-refractivity contribution is 0.0177. The molecule has 0 aliphatic heterocycles. The normalized spacial score (nSPS) is 27.2. The third-order valence-electron chi connectivity index (χ3n) is 4.96. The molecule has 0 amide bonds. The fourth-order valence-corrected chi connectivity index (χ4v) is 3.52. The van der Waals surface area contributed by atoms with Crippen molar-refractivity contribution in [3.8, 4) is 5.75 Å². The minimum absolute atomic E-state index is 0.332. The Morgan fingerprint density at radius 1 is 1.24 bits per heavy atom. The summed E-state index contributed by atoms with van der Waals surface area (Å²) >= 11 is 0. The standard InChI is InChI=1S/C19H30O2/c1-5-21-17-10-6-8-16(14-17)19(20)12-7-9-15(11-13-19)18(2,3)4/h6,8,10,14-15,20H,5,7,9,11-13H2,1-4H3. The molecule has 0 radical (unpaired) electrons. The molecule has 1 saturated carbocycles. The van der Waals surface area contributed by atoms with Crippen LogP contribution in [0.4, 0.5) is 0 Å². The van der Waals surface area contributed by atoms with Crippen LogP contribution in [0.3, 0.4) is 0 Å². The fraction of sp³-hybridized carbons (Fsp3) is 0.684. The molecule has 1 fully saturated rings. The molecule has 2 nitrogen and oxygen atoms in total. The Bertz CT molecular complexity index is 461. The lowest BCUT2D eigenvalue weighted by atomic mass is 9.76. The van der Waals surface area contributed by atoms with Crippen molar-refractivity contribution in [2.45, 2.75) is 65.4 Å². The Morgan fingerprint density at radius 3 is 2.67 bits per heavy atom. The van der Waals surface area contributed by atoms with Crippen molar-refractivity contribution in [1.29, 1.82) is 0 Å². The van der Waals surface area contributed by atoms with E-state index in [1.54, 1.807) is 0 Å². The van der Waals surface area contributed by atoms with Crippen molar-refractivity contribution in [1.82, 2.24) is 0 Å². The first-order valence-corrected chi connectivity index (χ1v) is 8.31. The van der Waals surface area contributed by atoms with Crippen LogP contribution in [0.5, 0.6) is 5.75 Å². The van der Waals surface area contributed by atoms with E-state index in [-0.39, 0.29) is 0 Å². The summed E-state index contributed by atoms with van der Waals surface area (Å²) in [6, 6.07) is 8.01. The molecule has 2 unspecified atom stereocenters. The van der Waals surface area contributed by atoms with Crippen molar-refractivity contribution >= 4 is 0 Å². The van der Waals surface area contributed by atoms with Crippen molar-refractivity contribution in [3.63, 3.8) is 0 Å². The van der Waals surface area contributed by atoms with Crippen molar-refractivity contribution in [2.24, 2.45) is 11.3 Å². The van der Waals surface area contributed by atoms with E-state index in [1.165, 1.54) is 6.42 Å². The van der Waals surface area contributed by atoms with Crippen LogP contribution in [0.1, 0.15) is 65.4 Å². The van der Waals surface area contributed by atoms with Crippen LogP contribution in [0.25, 0.3) is 0 Å². The zero-order valence-electron chi connectivity index (χ0n) is 14.0. The molecule has 1 aliphatic rings. The van der Waals surface area contributed by atoms with E-state index in [2.05, 4.69) is 20.8 Å². The van der Waals surface area contributed by atoms with E-state index >= 15 is 0 Å². The molecule has 1 aliphatic carbocycles. The van der Waals surface area contributed by atoms with Gasteiger partial charge in [0.25, 0.3) is 0 Å². The lowest BCUT2D eigenvalue weighted by Gasteiger charge is -2.31. The van der Waals surface area contributed by atoms with Gasteiger partial charge in [-0.2, -0.15) is 0 Å². The molecule has 0 bridgehead atoms. The molecule has 0 saturated heterocycles. The molecular weight excluding hydrogens is 260 g/mol. The summed E-state index contributed by atoms with van der Waals surface area (Å²) in [6.45, 7) is 9.60. The summed E-state index contributed by atoms with van der Waals surface area (Å²) in [6.07, 6.45) is 5.12. The van der Waals surface area contributed by atoms with E-state index in [9.17, 15) is 5.11 Å². The maximum absolute atomic E-state index is 11.1. The first-order chi connectivity index (χ1) is 9.85. The Morgan fingerprint density at radius 2 is 2.00 bits per heavy atom. The molecule has 1 aromatic rings. The van der Waals surface area contributed by atoms with Crippen molar-refractivity contribution in [2.75, 3.05) is 6.61 Å². The first kappa shape index (κ1) is 16.4. The first-order valence-electron chi connectivity index (χ1n) is 8.31. The van der Waals surface area contributed by atoms with Crippen LogP contribution in [0, 0.1) is 11.3 Å². The summed E-state index contributed by atoms with van der Waals surface area (Å²) in [5, 5.41) is 11.1. The molecule has 1 aromatic carbocycles. The van der Waals surface area contributed by atoms with Gasteiger partial charge in [0, 0.05) is 0 Å². The van der Waals surface area contributed by atoms with Crippen LogP contribution in [0.2, 0.25) is 0 Å². The zero-order valence-corrected chi connectivity index (χ0v) is 14.0. The third kappa shape index (κ3) is 4.00. The zero-order chi connectivity index (χ0) is 15.5. The van der Waals surface area contributed by atoms with Crippen molar-refractivity contribution in [3.05, 3.63) is 29.8 Å². The molecule has 0 heterocycles. The fourth-order valence-electron chi connectivity index (χ4n) is 3.52. The van der Waals surface area contributed by atoms with E-state index < -0.39 is 5.60 Å². The Labute approximate surface area is 129 Å². The maximum atomic E-state index is 11.1. The van der Waals surface area contributed by atoms with Gasteiger partial charge in [-0.1, -0.05) is 32.9 Å². The molecule has 0 aromatic heterocycles. The molecule has 118 valence electrons. The van der Waals surface area contributed by atoms with Gasteiger partial charge < -0.3 is 9.84 Å². The average Bonchev–Trinajstić information content (AvgIpc) is 2.62. The van der Waals surface area contributed by atoms with Gasteiger partial charge in [0.05, 0.1) is 12.2 Å². The highest BCUT2D eigenvalue weighted by molar-refractivity contribution is 5.32. The van der Waals surface area contributed by atoms with Gasteiger partial charge in [-0.05, 0) is 68.1 Å². The predicted octanol–water partition coefficient (Wildman–Crippen LogP) is 4.90. The maximum Gasteiger partial charge on any atom is 0.119 e. The van der Waals surface area contributed by atoms with Crippen molar-refractivity contribution < 1.29 is 9.84 Å². The highest BCUT2D eigenvalue weighted by Gasteiger charge is 2.36. The van der Waals surface area contributed by atoms with Crippen LogP contribution in [-0.2, 0) is 5.60 Å². The molecule has 0 spiro atoms. The SMILES string of the molecule is CCOc1cccc(C2(O)CCCC(C(C)(C)C)CC2)c1. The number of hydrogen-bond acceptors (Lipinski definition) is 2. The van der Waals surface area contributed by atoms with E-state index in [1.807, 2.05) is 31.2 Å². The molecule has 2 heteroatoms. The number of ether oxygens (including phenoxy) is 1. The Hall–Kier alpha value is -1.02. The number of benzene rings is 1. The second-order valence-corrected chi connectivity index (χ2v) is 7.49. The van der Waals surface area contributed by atoms with Gasteiger partial charge in [-0.3, -0.25) is 0 Å². The van der Waals surface area contributed by atoms with E-state index in [0.717, 1.165) is 37.0 Å². The Balaban J connectivity index is 2.16. The monoisotopic (exact) mass is 290 g/mol. The van der Waals surface area contributed by atoms with Gasteiger partial charge in [-0.25, -0.2) is 0 Å². The lowest BCUT2D eigenvalue weighted by Crippen LogP contribution is -2.26. The third-order valence-corrected chi connectivity index (χ3v) is 4.96. The minimum Gasteiger partial charge on any atom is -0.494 e. The Kier molecular flexibility index (Phi) is 4.98. The van der Waals surface area contributed by atoms with Gasteiger partial charge in [0.2, 0.25) is 0 Å². The molecule has 21 heavy (non-hydrogen) atoms. The van der Waals surface area contributed by atoms with Gasteiger partial charge in [-0.15, -0.1) is 0 Å². The smallest absolute Gasteiger partial charge is 0.119 e. The molecular formula is C19H30O2. The second-order valence-electron chi connectivity index (χ2n) is 7.49. The highest BCUT2D eigenvalue weighted by atomic mass is 16.5. The predicted molar refractivity (Wildman–Crippen MR) is 87.5 cm³/mol. The summed E-state index contributed by atoms with van der Waals surface area (Å²) < 4.78 is 5.58. The average molecular weight is 290 g/mol. The van der Waals surface area contributed by atoms with Crippen LogP contribution >= 0.6 is 0 Å². The number of hydrogen-bond donors (Lipinski definition) is 1. The summed E-state index contributed by atoms with van der Waals surface area (Å²) in [5.41, 5.74) is 0.661. The number of rotatable bonds is 3. The summed E-state index contributed by atoms with van der Waals surface area (Å²) in [5.74, 6) is 1.56. The number of aliphatic hydroxyl groups is 1. The topological polar surface area (TPSA) is 29.5 Å². The molecule has 2 rings (SSSR count). The largest absolute Gasteiger partial charge is 0.494 e. The highest BCUT2D eigenvalue weighted by Crippen LogP contribution is 2.43. The summed E-state index contributed by atoms with van der Waals surface area (Å²) in [7, 11) is 0. The van der Waals surface area contributed by atoms with Crippen LogP contribution in [-0.4, -0.2) is 11.7 Å². The summed E-state index contributed by atoms with van der Waals surface area (Å²) in [4.78, 5) is 0. The molecule has 1 N–H and O–H groups in total. The quantitative estimate of drug-likeness (QED) is 0.802. The second kappa shape index (κ2) is 6.39.